The van der Waals surface area contributed by atoms with Crippen molar-refractivity contribution in [3.05, 3.63) is 0 Å². The molecule has 108 valence electrons. The molecule has 1 spiro atoms. The van der Waals surface area contributed by atoms with Crippen LogP contribution < -0.4 is 0 Å². The minimum atomic E-state index is -0.699. The highest BCUT2D eigenvalue weighted by atomic mass is 16.6. The molecule has 5 nitrogen and oxygen atoms in total. The van der Waals surface area contributed by atoms with Crippen LogP contribution in [0.15, 0.2) is 0 Å². The molecule has 1 N–H and O–H groups in total. The molecule has 1 saturated carbocycles. The Balaban J connectivity index is 1.88. The molecular weight excluding hydrogens is 246 g/mol. The quantitative estimate of drug-likeness (QED) is 0.794. The van der Waals surface area contributed by atoms with Gasteiger partial charge in [0.2, 0.25) is 0 Å². The van der Waals surface area contributed by atoms with Crippen LogP contribution in [-0.4, -0.2) is 40.8 Å². The molecule has 1 aliphatic heterocycles. The Labute approximate surface area is 113 Å². The first-order chi connectivity index (χ1) is 8.71. The van der Waals surface area contributed by atoms with Gasteiger partial charge in [-0.3, -0.25) is 4.79 Å². The molecule has 1 amide bonds. The summed E-state index contributed by atoms with van der Waals surface area (Å²) in [5, 5.41) is 9.11. The van der Waals surface area contributed by atoms with E-state index in [1.54, 1.807) is 4.90 Å². The summed E-state index contributed by atoms with van der Waals surface area (Å²) in [4.78, 5) is 24.6. The molecule has 5 heteroatoms. The topological polar surface area (TPSA) is 66.8 Å². The van der Waals surface area contributed by atoms with Gasteiger partial charge in [-0.05, 0) is 40.0 Å². The minimum Gasteiger partial charge on any atom is -0.481 e. The zero-order valence-corrected chi connectivity index (χ0v) is 11.9. The zero-order valence-electron chi connectivity index (χ0n) is 11.9. The summed E-state index contributed by atoms with van der Waals surface area (Å²) in [6, 6.07) is 0. The monoisotopic (exact) mass is 269 g/mol. The van der Waals surface area contributed by atoms with Crippen LogP contribution in [-0.2, 0) is 9.53 Å². The molecule has 1 aliphatic carbocycles. The Hall–Kier alpha value is -1.26. The third kappa shape index (κ3) is 3.19. The van der Waals surface area contributed by atoms with E-state index in [9.17, 15) is 9.59 Å². The Morgan fingerprint density at radius 3 is 2.47 bits per heavy atom. The number of hydrogen-bond donors (Lipinski definition) is 1. The summed E-state index contributed by atoms with van der Waals surface area (Å²) in [5.74, 6) is -0.940. The number of rotatable bonds is 1. The Morgan fingerprint density at radius 2 is 1.95 bits per heavy atom. The molecule has 1 heterocycles. The first kappa shape index (κ1) is 14.2. The molecule has 1 saturated heterocycles. The molecule has 1 atom stereocenters. The van der Waals surface area contributed by atoms with Gasteiger partial charge in [0.25, 0.3) is 0 Å². The fourth-order valence-electron chi connectivity index (χ4n) is 3.17. The molecule has 2 fully saturated rings. The van der Waals surface area contributed by atoms with Gasteiger partial charge in [0.1, 0.15) is 5.60 Å². The van der Waals surface area contributed by atoms with Gasteiger partial charge in [-0.25, -0.2) is 4.79 Å². The van der Waals surface area contributed by atoms with E-state index in [0.717, 1.165) is 19.3 Å². The third-order valence-electron chi connectivity index (χ3n) is 3.99. The van der Waals surface area contributed by atoms with Crippen LogP contribution in [0.25, 0.3) is 0 Å². The molecule has 1 unspecified atom stereocenters. The number of nitrogens with zero attached hydrogens (tertiary/aromatic N) is 1. The fraction of sp³-hybridized carbons (Fsp3) is 0.857. The van der Waals surface area contributed by atoms with Gasteiger partial charge in [0.05, 0.1) is 5.92 Å². The lowest BCUT2D eigenvalue weighted by Gasteiger charge is -2.53. The average molecular weight is 269 g/mol. The number of amides is 1. The van der Waals surface area contributed by atoms with Crippen molar-refractivity contribution < 1.29 is 19.4 Å². The van der Waals surface area contributed by atoms with E-state index in [0.29, 0.717) is 19.5 Å². The second-order valence-corrected chi connectivity index (χ2v) is 6.97. The lowest BCUT2D eigenvalue weighted by Crippen LogP contribution is -2.61. The number of likely N-dealkylation sites (tertiary alicyclic amines) is 1. The summed E-state index contributed by atoms with van der Waals surface area (Å²) in [6.07, 6.45) is 3.15. The van der Waals surface area contributed by atoms with Gasteiger partial charge in [-0.2, -0.15) is 0 Å². The molecule has 0 aromatic rings. The number of carbonyl (C=O) groups is 2. The van der Waals surface area contributed by atoms with Gasteiger partial charge in [0, 0.05) is 18.5 Å². The number of carboxylic acid groups (broad SMARTS) is 1. The van der Waals surface area contributed by atoms with Crippen LogP contribution in [0.3, 0.4) is 0 Å². The van der Waals surface area contributed by atoms with Crippen LogP contribution in [0.2, 0.25) is 0 Å². The molecule has 0 aromatic heterocycles. The standard InChI is InChI=1S/C14H23NO4/c1-13(2,3)19-12(18)15-8-14(9-15)6-4-5-10(7-14)11(16)17/h10H,4-9H2,1-3H3,(H,16,17). The van der Waals surface area contributed by atoms with Crippen molar-refractivity contribution in [2.45, 2.75) is 52.1 Å². The molecule has 2 rings (SSSR count). The van der Waals surface area contributed by atoms with Gasteiger partial charge < -0.3 is 14.7 Å². The lowest BCUT2D eigenvalue weighted by atomic mass is 9.65. The molecule has 0 radical (unpaired) electrons. The Morgan fingerprint density at radius 1 is 1.32 bits per heavy atom. The number of aliphatic carboxylic acids is 1. The van der Waals surface area contributed by atoms with Crippen LogP contribution in [0.1, 0.15) is 46.5 Å². The fourth-order valence-corrected chi connectivity index (χ4v) is 3.17. The summed E-state index contributed by atoms with van der Waals surface area (Å²) >= 11 is 0. The zero-order chi connectivity index (χ0) is 14.3. The maximum atomic E-state index is 11.9. The lowest BCUT2D eigenvalue weighted by molar-refractivity contribution is -0.146. The normalized spacial score (nSPS) is 25.8. The average Bonchev–Trinajstić information content (AvgIpc) is 2.23. The third-order valence-corrected chi connectivity index (χ3v) is 3.99. The maximum absolute atomic E-state index is 11.9. The van der Waals surface area contributed by atoms with Crippen molar-refractivity contribution in [3.63, 3.8) is 0 Å². The van der Waals surface area contributed by atoms with Crippen LogP contribution in [0, 0.1) is 11.3 Å². The summed E-state index contributed by atoms with van der Waals surface area (Å²) in [7, 11) is 0. The van der Waals surface area contributed by atoms with E-state index in [-0.39, 0.29) is 17.4 Å². The molecule has 19 heavy (non-hydrogen) atoms. The van der Waals surface area contributed by atoms with Gasteiger partial charge >= 0.3 is 12.1 Å². The van der Waals surface area contributed by atoms with Gasteiger partial charge in [0.15, 0.2) is 0 Å². The first-order valence-corrected chi connectivity index (χ1v) is 6.92. The second-order valence-electron chi connectivity index (χ2n) is 6.97. The van der Waals surface area contributed by atoms with Crippen molar-refractivity contribution in [3.8, 4) is 0 Å². The van der Waals surface area contributed by atoms with E-state index < -0.39 is 11.6 Å². The van der Waals surface area contributed by atoms with Crippen molar-refractivity contribution in [1.82, 2.24) is 4.90 Å². The predicted molar refractivity (Wildman–Crippen MR) is 69.8 cm³/mol. The Bertz CT molecular complexity index is 379. The van der Waals surface area contributed by atoms with Crippen LogP contribution in [0.5, 0.6) is 0 Å². The van der Waals surface area contributed by atoms with E-state index in [1.807, 2.05) is 20.8 Å². The maximum Gasteiger partial charge on any atom is 0.410 e. The highest BCUT2D eigenvalue weighted by Crippen LogP contribution is 2.46. The van der Waals surface area contributed by atoms with E-state index in [1.165, 1.54) is 0 Å². The van der Waals surface area contributed by atoms with E-state index >= 15 is 0 Å². The molecule has 2 aliphatic rings. The largest absolute Gasteiger partial charge is 0.481 e. The minimum absolute atomic E-state index is 0.0260. The van der Waals surface area contributed by atoms with Crippen LogP contribution in [0.4, 0.5) is 4.79 Å². The summed E-state index contributed by atoms with van der Waals surface area (Å²) < 4.78 is 5.32. The van der Waals surface area contributed by atoms with Crippen molar-refractivity contribution >= 4 is 12.1 Å². The van der Waals surface area contributed by atoms with E-state index in [2.05, 4.69) is 0 Å². The second kappa shape index (κ2) is 4.69. The number of hydrogen-bond acceptors (Lipinski definition) is 3. The van der Waals surface area contributed by atoms with Crippen LogP contribution >= 0.6 is 0 Å². The smallest absolute Gasteiger partial charge is 0.410 e. The number of ether oxygens (including phenoxy) is 1. The molecular formula is C14H23NO4. The number of carbonyl (C=O) groups excluding carboxylic acids is 1. The number of carboxylic acids is 1. The van der Waals surface area contributed by atoms with Gasteiger partial charge in [-0.1, -0.05) is 6.42 Å². The van der Waals surface area contributed by atoms with Crippen molar-refractivity contribution in [2.75, 3.05) is 13.1 Å². The summed E-state index contributed by atoms with van der Waals surface area (Å²) in [6.45, 7) is 6.84. The van der Waals surface area contributed by atoms with E-state index in [4.69, 9.17) is 9.84 Å². The predicted octanol–water partition coefficient (Wildman–Crippen LogP) is 2.50. The Kier molecular flexibility index (Phi) is 3.49. The highest BCUT2D eigenvalue weighted by molar-refractivity contribution is 5.71. The first-order valence-electron chi connectivity index (χ1n) is 6.92. The highest BCUT2D eigenvalue weighted by Gasteiger charge is 2.49. The molecule has 0 aromatic carbocycles. The van der Waals surface area contributed by atoms with Crippen molar-refractivity contribution in [2.24, 2.45) is 11.3 Å². The van der Waals surface area contributed by atoms with Gasteiger partial charge in [-0.15, -0.1) is 0 Å². The van der Waals surface area contributed by atoms with Crippen molar-refractivity contribution in [1.29, 1.82) is 0 Å². The summed E-state index contributed by atoms with van der Waals surface area (Å²) in [5.41, 5.74) is -0.450. The SMILES string of the molecule is CC(C)(C)OC(=O)N1CC2(CCCC(C(=O)O)C2)C1. The molecule has 0 bridgehead atoms.